The molecule has 0 bridgehead atoms. The van der Waals surface area contributed by atoms with Gasteiger partial charge in [0, 0.05) is 11.1 Å². The van der Waals surface area contributed by atoms with Gasteiger partial charge in [-0.2, -0.15) is 0 Å². The number of hydrogen-bond acceptors (Lipinski definition) is 2. The molecule has 112 valence electrons. The first-order valence-corrected chi connectivity index (χ1v) is 11.9. The Balaban J connectivity index is 0.000000322. The molecular formula is C16H16Cl2O2Te. The Bertz CT molecular complexity index is 481. The van der Waals surface area contributed by atoms with E-state index in [2.05, 4.69) is 0 Å². The van der Waals surface area contributed by atoms with Crippen LogP contribution in [0, 0.1) is 0 Å². The normalized spacial score (nSPS) is 8.57. The van der Waals surface area contributed by atoms with E-state index >= 15 is 0 Å². The third kappa shape index (κ3) is 10.5. The summed E-state index contributed by atoms with van der Waals surface area (Å²) in [5, 5.41) is 0. The van der Waals surface area contributed by atoms with Crippen molar-refractivity contribution in [3.8, 4) is 0 Å². The molecule has 0 N–H and O–H groups in total. The van der Waals surface area contributed by atoms with Gasteiger partial charge in [-0.25, -0.2) is 0 Å². The van der Waals surface area contributed by atoms with E-state index in [4.69, 9.17) is 17.9 Å². The van der Waals surface area contributed by atoms with E-state index in [1.165, 1.54) is 0 Å². The van der Waals surface area contributed by atoms with Gasteiger partial charge in [-0.05, 0) is 13.8 Å². The van der Waals surface area contributed by atoms with Gasteiger partial charge in [0.1, 0.15) is 0 Å². The van der Waals surface area contributed by atoms with Crippen LogP contribution in [0.2, 0.25) is 0 Å². The van der Waals surface area contributed by atoms with Crippen molar-refractivity contribution in [2.45, 2.75) is 13.8 Å². The summed E-state index contributed by atoms with van der Waals surface area (Å²) in [5.41, 5.74) is 1.55. The summed E-state index contributed by atoms with van der Waals surface area (Å²) in [4.78, 5) is 21.3. The third-order valence-electron chi connectivity index (χ3n) is 2.36. The molecule has 2 nitrogen and oxygen atoms in total. The molecule has 0 aliphatic rings. The average molecular weight is 439 g/mol. The first-order valence-electron chi connectivity index (χ1n) is 6.04. The Morgan fingerprint density at radius 2 is 0.952 bits per heavy atom. The van der Waals surface area contributed by atoms with E-state index in [-0.39, 0.29) is 11.6 Å². The second-order valence-electron chi connectivity index (χ2n) is 3.90. The number of hydrogen-bond donors (Lipinski definition) is 0. The summed E-state index contributed by atoms with van der Waals surface area (Å²) in [6, 6.07) is 18.5. The fourth-order valence-corrected chi connectivity index (χ4v) is 1.35. The molecule has 5 heteroatoms. The summed E-state index contributed by atoms with van der Waals surface area (Å²) in [6.07, 6.45) is 0. The van der Waals surface area contributed by atoms with Gasteiger partial charge in [0.05, 0.1) is 0 Å². The molecule has 0 unspecified atom stereocenters. The van der Waals surface area contributed by atoms with Gasteiger partial charge >= 0.3 is 36.6 Å². The van der Waals surface area contributed by atoms with Crippen LogP contribution in [-0.2, 0) is 0 Å². The van der Waals surface area contributed by atoms with E-state index in [0.29, 0.717) is 0 Å². The minimum atomic E-state index is -0.586. The Hall–Kier alpha value is -0.850. The molecule has 0 spiro atoms. The Morgan fingerprint density at radius 3 is 1.10 bits per heavy atom. The predicted molar refractivity (Wildman–Crippen MR) is 90.4 cm³/mol. The first-order chi connectivity index (χ1) is 10.0. The molecule has 0 amide bonds. The topological polar surface area (TPSA) is 34.1 Å². The molecule has 0 fully saturated rings. The van der Waals surface area contributed by atoms with E-state index in [1.54, 1.807) is 13.8 Å². The molecule has 0 atom stereocenters. The van der Waals surface area contributed by atoms with E-state index in [9.17, 15) is 9.59 Å². The van der Waals surface area contributed by atoms with Crippen LogP contribution >= 0.6 is 17.9 Å². The summed E-state index contributed by atoms with van der Waals surface area (Å²) in [5.74, 6) is 0.242. The van der Waals surface area contributed by atoms with Gasteiger partial charge in [0.15, 0.2) is 11.6 Å². The van der Waals surface area contributed by atoms with E-state index < -0.39 is 18.7 Å². The maximum absolute atomic E-state index is 10.6. The fraction of sp³-hybridized carbons (Fsp3) is 0.125. The monoisotopic (exact) mass is 440 g/mol. The molecule has 2 rings (SSSR count). The van der Waals surface area contributed by atoms with E-state index in [1.807, 2.05) is 60.7 Å². The quantitative estimate of drug-likeness (QED) is 0.499. The van der Waals surface area contributed by atoms with Gasteiger partial charge in [-0.1, -0.05) is 60.7 Å². The number of benzene rings is 2. The van der Waals surface area contributed by atoms with Crippen LogP contribution in [0.1, 0.15) is 34.6 Å². The number of carbonyl (C=O) groups is 2. The van der Waals surface area contributed by atoms with E-state index in [0.717, 1.165) is 11.1 Å². The van der Waals surface area contributed by atoms with Crippen molar-refractivity contribution in [3.05, 3.63) is 71.8 Å². The Morgan fingerprint density at radius 1 is 0.714 bits per heavy atom. The van der Waals surface area contributed by atoms with Crippen LogP contribution in [-0.4, -0.2) is 30.3 Å². The molecule has 2 aromatic carbocycles. The van der Waals surface area contributed by atoms with Crippen LogP contribution in [0.25, 0.3) is 0 Å². The van der Waals surface area contributed by atoms with Gasteiger partial charge in [0.2, 0.25) is 0 Å². The van der Waals surface area contributed by atoms with Crippen molar-refractivity contribution in [1.82, 2.24) is 0 Å². The Kier molecular flexibility index (Phi) is 12.3. The fourth-order valence-electron chi connectivity index (χ4n) is 1.35. The molecule has 0 aromatic heterocycles. The van der Waals surface area contributed by atoms with Crippen molar-refractivity contribution in [3.63, 3.8) is 0 Å². The molecular weight excluding hydrogens is 423 g/mol. The van der Waals surface area contributed by atoms with Crippen LogP contribution in [0.3, 0.4) is 0 Å². The van der Waals surface area contributed by atoms with Crippen LogP contribution < -0.4 is 0 Å². The zero-order valence-corrected chi connectivity index (χ0v) is 15.6. The zero-order valence-electron chi connectivity index (χ0n) is 11.8. The van der Waals surface area contributed by atoms with Crippen molar-refractivity contribution in [2.75, 3.05) is 0 Å². The summed E-state index contributed by atoms with van der Waals surface area (Å²) < 4.78 is 0. The molecule has 0 aliphatic carbocycles. The van der Waals surface area contributed by atoms with Crippen LogP contribution in [0.15, 0.2) is 60.7 Å². The first kappa shape index (κ1) is 20.1. The number of carbonyl (C=O) groups excluding carboxylic acids is 2. The van der Waals surface area contributed by atoms with Gasteiger partial charge in [-0.3, -0.25) is 9.59 Å². The molecule has 0 radical (unpaired) electrons. The average Bonchev–Trinajstić information content (AvgIpc) is 2.50. The number of Topliss-reactive ketones (excluding diaryl/α,β-unsaturated/α-hetero) is 2. The number of ketones is 2. The molecule has 0 heterocycles. The summed E-state index contributed by atoms with van der Waals surface area (Å²) >= 11 is -0.586. The molecule has 2 aromatic rings. The Labute approximate surface area is 143 Å². The molecule has 0 aliphatic heterocycles. The van der Waals surface area contributed by atoms with Gasteiger partial charge in [-0.15, -0.1) is 0 Å². The summed E-state index contributed by atoms with van der Waals surface area (Å²) in [6.45, 7) is 3.13. The number of halogens is 2. The third-order valence-corrected chi connectivity index (χ3v) is 2.36. The standard InChI is InChI=1S/2C8H8O.Cl2Te/c2*1-7(9)8-5-3-2-4-6-8;1-3-2/h2*2-6H,1H3;. The SMILES string of the molecule is CC(=O)c1ccccc1.CC(=O)c1ccccc1.Cl[Te]Cl. The molecule has 0 saturated carbocycles. The second kappa shape index (κ2) is 12.9. The predicted octanol–water partition coefficient (Wildman–Crippen LogP) is 4.78. The van der Waals surface area contributed by atoms with Crippen LogP contribution in [0.4, 0.5) is 0 Å². The second-order valence-corrected chi connectivity index (χ2v) is 7.37. The van der Waals surface area contributed by atoms with Crippen molar-refractivity contribution in [1.29, 1.82) is 0 Å². The minimum absolute atomic E-state index is 0.121. The van der Waals surface area contributed by atoms with Crippen molar-refractivity contribution in [2.24, 2.45) is 0 Å². The van der Waals surface area contributed by atoms with Gasteiger partial charge in [0.25, 0.3) is 0 Å². The molecule has 21 heavy (non-hydrogen) atoms. The van der Waals surface area contributed by atoms with Gasteiger partial charge < -0.3 is 0 Å². The maximum atomic E-state index is 10.6. The zero-order chi connectivity index (χ0) is 16.1. The van der Waals surface area contributed by atoms with Crippen molar-refractivity contribution >= 4 is 48.2 Å². The molecule has 0 saturated heterocycles. The summed E-state index contributed by atoms with van der Waals surface area (Å²) in [7, 11) is 9.79. The van der Waals surface area contributed by atoms with Crippen molar-refractivity contribution < 1.29 is 9.59 Å². The number of rotatable bonds is 2. The van der Waals surface area contributed by atoms with Crippen LogP contribution in [0.5, 0.6) is 0 Å².